The van der Waals surface area contributed by atoms with E-state index < -0.39 is 6.04 Å². The summed E-state index contributed by atoms with van der Waals surface area (Å²) in [6.45, 7) is 4.46. The highest BCUT2D eigenvalue weighted by molar-refractivity contribution is 5.92. The van der Waals surface area contributed by atoms with Gasteiger partial charge in [-0.1, -0.05) is 54.5 Å². The first kappa shape index (κ1) is 19.4. The van der Waals surface area contributed by atoms with E-state index in [1.165, 1.54) is 0 Å². The number of aromatic nitrogens is 6. The minimum Gasteiger partial charge on any atom is -0.339 e. The lowest BCUT2D eigenvalue weighted by molar-refractivity contribution is 0.0908. The minimum absolute atomic E-state index is 0.0236. The maximum atomic E-state index is 12.7. The number of rotatable bonds is 7. The molecule has 0 aliphatic heterocycles. The first-order valence-electron chi connectivity index (χ1n) is 9.59. The number of nitrogens with one attached hydrogen (secondary N) is 1. The maximum Gasteiger partial charge on any atom is 0.274 e. The number of amides is 1. The fourth-order valence-electron chi connectivity index (χ4n) is 2.95. The van der Waals surface area contributed by atoms with E-state index in [0.29, 0.717) is 18.3 Å². The minimum atomic E-state index is -0.463. The van der Waals surface area contributed by atoms with Crippen LogP contribution in [0.1, 0.15) is 41.8 Å². The normalized spacial score (nSPS) is 12.1. The zero-order chi connectivity index (χ0) is 20.9. The second kappa shape index (κ2) is 8.64. The fraction of sp³-hybridized carbons (Fsp3) is 0.238. The van der Waals surface area contributed by atoms with E-state index >= 15 is 0 Å². The van der Waals surface area contributed by atoms with Crippen LogP contribution in [0.25, 0.3) is 11.4 Å². The predicted molar refractivity (Wildman–Crippen MR) is 108 cm³/mol. The lowest BCUT2D eigenvalue weighted by atomic mass is 10.0. The van der Waals surface area contributed by atoms with Gasteiger partial charge in [0, 0.05) is 18.0 Å². The van der Waals surface area contributed by atoms with Crippen molar-refractivity contribution in [3.8, 4) is 11.4 Å². The topological polar surface area (TPSA) is 112 Å². The van der Waals surface area contributed by atoms with Gasteiger partial charge in [-0.05, 0) is 23.6 Å². The van der Waals surface area contributed by atoms with Gasteiger partial charge in [0.25, 0.3) is 5.91 Å². The van der Waals surface area contributed by atoms with Gasteiger partial charge in [0.1, 0.15) is 6.04 Å². The first-order valence-corrected chi connectivity index (χ1v) is 9.59. The molecule has 1 aromatic carbocycles. The molecule has 30 heavy (non-hydrogen) atoms. The molecule has 0 fully saturated rings. The third kappa shape index (κ3) is 4.40. The molecule has 1 unspecified atom stereocenters. The maximum absolute atomic E-state index is 12.7. The van der Waals surface area contributed by atoms with Crippen molar-refractivity contribution in [2.45, 2.75) is 26.4 Å². The summed E-state index contributed by atoms with van der Waals surface area (Å²) in [5, 5.41) is 15.0. The first-order chi connectivity index (χ1) is 14.6. The molecule has 1 amide bonds. The summed E-state index contributed by atoms with van der Waals surface area (Å²) in [7, 11) is 0. The summed E-state index contributed by atoms with van der Waals surface area (Å²) in [6, 6.07) is 13.0. The molecule has 3 aromatic heterocycles. The molecule has 4 rings (SSSR count). The molecular formula is C21H21N7O2. The summed E-state index contributed by atoms with van der Waals surface area (Å²) >= 11 is 0. The third-order valence-corrected chi connectivity index (χ3v) is 4.54. The number of pyridine rings is 1. The molecule has 0 saturated carbocycles. The fourth-order valence-corrected chi connectivity index (χ4v) is 2.95. The Morgan fingerprint density at radius 3 is 2.73 bits per heavy atom. The standard InChI is InChI=1S/C21H21N7O2/c1-14(2)18(21-24-19(26-30-21)16-9-6-10-22-11-16)23-20(29)17-13-28(27-25-17)12-15-7-4-3-5-8-15/h3-11,13-14,18H,12H2,1-2H3,(H,23,29). The van der Waals surface area contributed by atoms with E-state index in [9.17, 15) is 4.79 Å². The van der Waals surface area contributed by atoms with Gasteiger partial charge in [-0.15, -0.1) is 5.10 Å². The van der Waals surface area contributed by atoms with Gasteiger partial charge in [-0.25, -0.2) is 4.68 Å². The van der Waals surface area contributed by atoms with Crippen LogP contribution in [0.5, 0.6) is 0 Å². The zero-order valence-corrected chi connectivity index (χ0v) is 16.6. The van der Waals surface area contributed by atoms with Crippen molar-refractivity contribution < 1.29 is 9.32 Å². The molecule has 0 bridgehead atoms. The molecule has 4 aromatic rings. The Kier molecular flexibility index (Phi) is 5.60. The summed E-state index contributed by atoms with van der Waals surface area (Å²) in [5.74, 6) is 0.422. The van der Waals surface area contributed by atoms with E-state index in [4.69, 9.17) is 4.52 Å². The van der Waals surface area contributed by atoms with Gasteiger partial charge in [-0.2, -0.15) is 4.98 Å². The monoisotopic (exact) mass is 403 g/mol. The van der Waals surface area contributed by atoms with E-state index in [1.807, 2.05) is 50.2 Å². The Morgan fingerprint density at radius 1 is 1.17 bits per heavy atom. The molecule has 0 saturated heterocycles. The van der Waals surface area contributed by atoms with E-state index in [2.05, 4.69) is 30.8 Å². The lowest BCUT2D eigenvalue weighted by Gasteiger charge is -2.17. The molecule has 9 nitrogen and oxygen atoms in total. The van der Waals surface area contributed by atoms with Crippen LogP contribution in [0.3, 0.4) is 0 Å². The lowest BCUT2D eigenvalue weighted by Crippen LogP contribution is -2.32. The van der Waals surface area contributed by atoms with Crippen LogP contribution in [0.4, 0.5) is 0 Å². The van der Waals surface area contributed by atoms with Crippen LogP contribution in [-0.4, -0.2) is 36.0 Å². The van der Waals surface area contributed by atoms with Crippen molar-refractivity contribution in [2.24, 2.45) is 5.92 Å². The van der Waals surface area contributed by atoms with Gasteiger partial charge >= 0.3 is 0 Å². The van der Waals surface area contributed by atoms with Crippen LogP contribution >= 0.6 is 0 Å². The molecule has 0 spiro atoms. The molecule has 9 heteroatoms. The molecule has 1 N–H and O–H groups in total. The van der Waals surface area contributed by atoms with Crippen molar-refractivity contribution in [1.82, 2.24) is 35.4 Å². The largest absolute Gasteiger partial charge is 0.339 e. The number of hydrogen-bond acceptors (Lipinski definition) is 7. The molecule has 0 radical (unpaired) electrons. The molecule has 0 aliphatic rings. The number of benzene rings is 1. The predicted octanol–water partition coefficient (Wildman–Crippen LogP) is 2.90. The Labute approximate surface area is 173 Å². The molecule has 0 aliphatic carbocycles. The number of carbonyl (C=O) groups excluding carboxylic acids is 1. The summed E-state index contributed by atoms with van der Waals surface area (Å²) in [4.78, 5) is 21.2. The van der Waals surface area contributed by atoms with Gasteiger partial charge in [0.2, 0.25) is 11.7 Å². The van der Waals surface area contributed by atoms with Crippen molar-refractivity contribution >= 4 is 5.91 Å². The summed E-state index contributed by atoms with van der Waals surface area (Å²) in [5.41, 5.74) is 2.04. The van der Waals surface area contributed by atoms with Crippen molar-refractivity contribution in [3.05, 3.63) is 78.2 Å². The van der Waals surface area contributed by atoms with Crippen molar-refractivity contribution in [1.29, 1.82) is 0 Å². The van der Waals surface area contributed by atoms with E-state index in [0.717, 1.165) is 11.1 Å². The van der Waals surface area contributed by atoms with E-state index in [1.54, 1.807) is 29.3 Å². The Morgan fingerprint density at radius 2 is 2.00 bits per heavy atom. The van der Waals surface area contributed by atoms with Crippen LogP contribution < -0.4 is 5.32 Å². The van der Waals surface area contributed by atoms with Crippen LogP contribution in [0.15, 0.2) is 65.6 Å². The molecule has 152 valence electrons. The number of carbonyl (C=O) groups is 1. The van der Waals surface area contributed by atoms with Crippen LogP contribution in [-0.2, 0) is 6.54 Å². The molecule has 3 heterocycles. The molecular weight excluding hydrogens is 382 g/mol. The Balaban J connectivity index is 1.47. The van der Waals surface area contributed by atoms with Gasteiger partial charge in [0.15, 0.2) is 5.69 Å². The molecule has 1 atom stereocenters. The van der Waals surface area contributed by atoms with Crippen molar-refractivity contribution in [2.75, 3.05) is 0 Å². The quantitative estimate of drug-likeness (QED) is 0.505. The number of nitrogens with zero attached hydrogens (tertiary/aromatic N) is 6. The smallest absolute Gasteiger partial charge is 0.274 e. The van der Waals surface area contributed by atoms with Gasteiger partial charge in [0.05, 0.1) is 12.7 Å². The average Bonchev–Trinajstić information content (AvgIpc) is 3.43. The Hall–Kier alpha value is -3.88. The van der Waals surface area contributed by atoms with E-state index in [-0.39, 0.29) is 17.5 Å². The van der Waals surface area contributed by atoms with Crippen LogP contribution in [0, 0.1) is 5.92 Å². The average molecular weight is 403 g/mol. The Bertz CT molecular complexity index is 1110. The van der Waals surface area contributed by atoms with Gasteiger partial charge in [-0.3, -0.25) is 9.78 Å². The van der Waals surface area contributed by atoms with Gasteiger partial charge < -0.3 is 9.84 Å². The number of hydrogen-bond donors (Lipinski definition) is 1. The van der Waals surface area contributed by atoms with Crippen LogP contribution in [0.2, 0.25) is 0 Å². The summed E-state index contributed by atoms with van der Waals surface area (Å²) < 4.78 is 7.05. The van der Waals surface area contributed by atoms with Crippen molar-refractivity contribution in [3.63, 3.8) is 0 Å². The second-order valence-electron chi connectivity index (χ2n) is 7.18. The highest BCUT2D eigenvalue weighted by Gasteiger charge is 2.26. The zero-order valence-electron chi connectivity index (χ0n) is 16.6. The summed E-state index contributed by atoms with van der Waals surface area (Å²) in [6.07, 6.45) is 4.95. The SMILES string of the molecule is CC(C)C(NC(=O)c1cn(Cc2ccccc2)nn1)c1nc(-c2cccnc2)no1. The highest BCUT2D eigenvalue weighted by Crippen LogP contribution is 2.23. The second-order valence-corrected chi connectivity index (χ2v) is 7.18. The third-order valence-electron chi connectivity index (χ3n) is 4.54. The highest BCUT2D eigenvalue weighted by atomic mass is 16.5.